The maximum absolute atomic E-state index is 11.6. The fourth-order valence-corrected chi connectivity index (χ4v) is 1.57. The molecule has 16 heavy (non-hydrogen) atoms. The molecule has 2 N–H and O–H groups in total. The Morgan fingerprint density at radius 3 is 2.56 bits per heavy atom. The molecule has 0 saturated carbocycles. The lowest BCUT2D eigenvalue weighted by atomic mass is 9.84. The fraction of sp³-hybridized carbons (Fsp3) is 0.462. The third-order valence-corrected chi connectivity index (χ3v) is 2.64. The van der Waals surface area contributed by atoms with Crippen LogP contribution in [-0.2, 0) is 11.2 Å². The number of nitrogens with two attached hydrogens (primary N) is 1. The zero-order chi connectivity index (χ0) is 12.2. The zero-order valence-corrected chi connectivity index (χ0v) is 10.1. The van der Waals surface area contributed by atoms with Crippen LogP contribution in [0.3, 0.4) is 0 Å². The molecule has 0 fully saturated rings. The molecule has 0 unspecified atom stereocenters. The second-order valence-electron chi connectivity index (χ2n) is 4.69. The molecule has 1 aromatic carbocycles. The van der Waals surface area contributed by atoms with Gasteiger partial charge in [-0.25, -0.2) is 4.79 Å². The van der Waals surface area contributed by atoms with E-state index in [9.17, 15) is 4.79 Å². The summed E-state index contributed by atoms with van der Waals surface area (Å²) in [5, 5.41) is 0. The Labute approximate surface area is 96.6 Å². The van der Waals surface area contributed by atoms with Crippen LogP contribution in [0.4, 0.5) is 0 Å². The van der Waals surface area contributed by atoms with E-state index in [1.807, 2.05) is 18.2 Å². The predicted octanol–water partition coefficient (Wildman–Crippen LogP) is 2.00. The van der Waals surface area contributed by atoms with E-state index >= 15 is 0 Å². The molecule has 0 amide bonds. The molecule has 88 valence electrons. The number of rotatable bonds is 4. The van der Waals surface area contributed by atoms with E-state index < -0.39 is 0 Å². The third kappa shape index (κ3) is 3.07. The van der Waals surface area contributed by atoms with Crippen LogP contribution in [0.1, 0.15) is 29.8 Å². The van der Waals surface area contributed by atoms with E-state index in [4.69, 9.17) is 10.5 Å². The van der Waals surface area contributed by atoms with Gasteiger partial charge in [0.2, 0.25) is 0 Å². The molecule has 3 nitrogen and oxygen atoms in total. The van der Waals surface area contributed by atoms with Crippen molar-refractivity contribution in [3.8, 4) is 0 Å². The minimum absolute atomic E-state index is 0.00980. The van der Waals surface area contributed by atoms with Gasteiger partial charge in [0.15, 0.2) is 0 Å². The Bertz CT molecular complexity index is 372. The van der Waals surface area contributed by atoms with Crippen molar-refractivity contribution in [1.29, 1.82) is 0 Å². The highest BCUT2D eigenvalue weighted by Crippen LogP contribution is 2.23. The molecular weight excluding hydrogens is 202 g/mol. The van der Waals surface area contributed by atoms with E-state index in [1.165, 1.54) is 7.11 Å². The van der Waals surface area contributed by atoms with Gasteiger partial charge in [0.05, 0.1) is 12.7 Å². The van der Waals surface area contributed by atoms with Crippen molar-refractivity contribution in [1.82, 2.24) is 0 Å². The number of esters is 1. The van der Waals surface area contributed by atoms with Gasteiger partial charge in [-0.1, -0.05) is 32.0 Å². The number of carbonyl (C=O) groups excluding carboxylic acids is 1. The molecule has 0 spiro atoms. The van der Waals surface area contributed by atoms with Crippen LogP contribution in [0.2, 0.25) is 0 Å². The Balaban J connectivity index is 3.00. The summed E-state index contributed by atoms with van der Waals surface area (Å²) >= 11 is 0. The van der Waals surface area contributed by atoms with Crippen LogP contribution < -0.4 is 5.73 Å². The molecule has 0 radical (unpaired) electrons. The quantitative estimate of drug-likeness (QED) is 0.791. The lowest BCUT2D eigenvalue weighted by Gasteiger charge is -2.23. The Kier molecular flexibility index (Phi) is 4.07. The van der Waals surface area contributed by atoms with Crippen LogP contribution in [-0.4, -0.2) is 19.6 Å². The van der Waals surface area contributed by atoms with Crippen molar-refractivity contribution < 1.29 is 9.53 Å². The second-order valence-corrected chi connectivity index (χ2v) is 4.69. The number of benzene rings is 1. The molecule has 0 aliphatic heterocycles. The minimum Gasteiger partial charge on any atom is -0.465 e. The first kappa shape index (κ1) is 12.7. The largest absolute Gasteiger partial charge is 0.465 e. The molecule has 0 heterocycles. The van der Waals surface area contributed by atoms with Gasteiger partial charge < -0.3 is 10.5 Å². The first-order valence-corrected chi connectivity index (χ1v) is 5.36. The summed E-state index contributed by atoms with van der Waals surface area (Å²) in [5.74, 6) is -0.288. The van der Waals surface area contributed by atoms with Gasteiger partial charge >= 0.3 is 5.97 Å². The highest BCUT2D eigenvalue weighted by Gasteiger charge is 2.20. The van der Waals surface area contributed by atoms with E-state index in [0.29, 0.717) is 12.1 Å². The molecule has 0 aromatic heterocycles. The van der Waals surface area contributed by atoms with Crippen LogP contribution >= 0.6 is 0 Å². The molecular formula is C13H19NO2. The summed E-state index contributed by atoms with van der Waals surface area (Å²) in [6.07, 6.45) is 0.773. The average molecular weight is 221 g/mol. The molecule has 1 rings (SSSR count). The van der Waals surface area contributed by atoms with Crippen LogP contribution in [0.25, 0.3) is 0 Å². The summed E-state index contributed by atoms with van der Waals surface area (Å²) in [7, 11) is 1.40. The number of ether oxygens (including phenoxy) is 1. The van der Waals surface area contributed by atoms with Gasteiger partial charge in [-0.15, -0.1) is 0 Å². The minimum atomic E-state index is -0.288. The van der Waals surface area contributed by atoms with Gasteiger partial charge in [-0.2, -0.15) is 0 Å². The Morgan fingerprint density at radius 2 is 2.00 bits per heavy atom. The Morgan fingerprint density at radius 1 is 1.38 bits per heavy atom. The van der Waals surface area contributed by atoms with Crippen molar-refractivity contribution >= 4 is 5.97 Å². The van der Waals surface area contributed by atoms with E-state index in [2.05, 4.69) is 13.8 Å². The fourth-order valence-electron chi connectivity index (χ4n) is 1.57. The van der Waals surface area contributed by atoms with Crippen molar-refractivity contribution in [3.63, 3.8) is 0 Å². The van der Waals surface area contributed by atoms with E-state index in [-0.39, 0.29) is 11.4 Å². The molecule has 0 atom stereocenters. The van der Waals surface area contributed by atoms with Crippen LogP contribution in [0.15, 0.2) is 24.3 Å². The summed E-state index contributed by atoms with van der Waals surface area (Å²) in [4.78, 5) is 11.6. The van der Waals surface area contributed by atoms with Crippen LogP contribution in [0.5, 0.6) is 0 Å². The van der Waals surface area contributed by atoms with Gasteiger partial charge in [-0.05, 0) is 30.0 Å². The van der Waals surface area contributed by atoms with Crippen molar-refractivity contribution in [2.24, 2.45) is 11.1 Å². The summed E-state index contributed by atoms with van der Waals surface area (Å²) in [6.45, 7) is 4.75. The van der Waals surface area contributed by atoms with Gasteiger partial charge in [0, 0.05) is 0 Å². The maximum Gasteiger partial charge on any atom is 0.338 e. The number of hydrogen-bond donors (Lipinski definition) is 1. The number of hydrogen-bond acceptors (Lipinski definition) is 3. The average Bonchev–Trinajstić information content (AvgIpc) is 2.28. The normalized spacial score (nSPS) is 11.2. The topological polar surface area (TPSA) is 52.3 Å². The molecule has 1 aromatic rings. The first-order chi connectivity index (χ1) is 7.50. The van der Waals surface area contributed by atoms with Crippen molar-refractivity contribution in [2.75, 3.05) is 13.7 Å². The van der Waals surface area contributed by atoms with Gasteiger partial charge in [-0.3, -0.25) is 0 Å². The highest BCUT2D eigenvalue weighted by atomic mass is 16.5. The molecule has 0 bridgehead atoms. The molecule has 3 heteroatoms. The predicted molar refractivity (Wildman–Crippen MR) is 64.3 cm³/mol. The monoisotopic (exact) mass is 221 g/mol. The lowest BCUT2D eigenvalue weighted by Crippen LogP contribution is -2.26. The molecule has 0 saturated heterocycles. The van der Waals surface area contributed by atoms with E-state index in [0.717, 1.165) is 12.0 Å². The first-order valence-electron chi connectivity index (χ1n) is 5.36. The number of carbonyl (C=O) groups is 1. The Hall–Kier alpha value is -1.35. The molecule has 0 aliphatic rings. The summed E-state index contributed by atoms with van der Waals surface area (Å²) in [5.41, 5.74) is 7.31. The smallest absolute Gasteiger partial charge is 0.338 e. The van der Waals surface area contributed by atoms with Gasteiger partial charge in [0.1, 0.15) is 0 Å². The lowest BCUT2D eigenvalue weighted by molar-refractivity contribution is 0.0599. The standard InChI is InChI=1S/C13H19NO2/c1-13(2,9-14)8-10-6-4-5-7-11(10)12(15)16-3/h4-7H,8-9,14H2,1-3H3. The highest BCUT2D eigenvalue weighted by molar-refractivity contribution is 5.91. The van der Waals surface area contributed by atoms with Gasteiger partial charge in [0.25, 0.3) is 0 Å². The van der Waals surface area contributed by atoms with Crippen molar-refractivity contribution in [2.45, 2.75) is 20.3 Å². The summed E-state index contributed by atoms with van der Waals surface area (Å²) < 4.78 is 4.75. The third-order valence-electron chi connectivity index (χ3n) is 2.64. The summed E-state index contributed by atoms with van der Waals surface area (Å²) in [6, 6.07) is 7.50. The zero-order valence-electron chi connectivity index (χ0n) is 10.1. The SMILES string of the molecule is COC(=O)c1ccccc1CC(C)(C)CN. The van der Waals surface area contributed by atoms with Crippen molar-refractivity contribution in [3.05, 3.63) is 35.4 Å². The van der Waals surface area contributed by atoms with E-state index in [1.54, 1.807) is 6.07 Å². The van der Waals surface area contributed by atoms with Crippen LogP contribution in [0, 0.1) is 5.41 Å². The molecule has 0 aliphatic carbocycles. The number of methoxy groups -OCH3 is 1. The maximum atomic E-state index is 11.6. The second kappa shape index (κ2) is 5.12.